The molecule has 0 aliphatic carbocycles. The Bertz CT molecular complexity index is 513. The Balaban J connectivity index is 2.19. The van der Waals surface area contributed by atoms with Crippen LogP contribution in [-0.4, -0.2) is 38.8 Å². The maximum absolute atomic E-state index is 10.8. The molecule has 0 spiro atoms. The van der Waals surface area contributed by atoms with Crippen LogP contribution in [0.15, 0.2) is 0 Å². The summed E-state index contributed by atoms with van der Waals surface area (Å²) < 4.78 is 1.88. The van der Waals surface area contributed by atoms with Crippen molar-refractivity contribution < 1.29 is 9.90 Å². The molecule has 2 heterocycles. The van der Waals surface area contributed by atoms with Crippen LogP contribution in [0.1, 0.15) is 50.4 Å². The van der Waals surface area contributed by atoms with E-state index in [4.69, 9.17) is 16.7 Å². The van der Waals surface area contributed by atoms with Crippen LogP contribution in [0, 0.1) is 12.8 Å². The molecule has 0 bridgehead atoms. The minimum absolute atomic E-state index is 0.174. The van der Waals surface area contributed by atoms with Gasteiger partial charge in [0.2, 0.25) is 0 Å². The molecule has 0 aromatic carbocycles. The van der Waals surface area contributed by atoms with E-state index < -0.39 is 5.97 Å². The van der Waals surface area contributed by atoms with Gasteiger partial charge in [0.1, 0.15) is 5.15 Å². The van der Waals surface area contributed by atoms with E-state index in [0.717, 1.165) is 37.2 Å². The lowest BCUT2D eigenvalue weighted by Crippen LogP contribution is -2.26. The van der Waals surface area contributed by atoms with Gasteiger partial charge in [0.15, 0.2) is 0 Å². The number of carbonyl (C=O) groups is 1. The van der Waals surface area contributed by atoms with Crippen LogP contribution in [0.25, 0.3) is 0 Å². The molecule has 1 atom stereocenters. The fourth-order valence-corrected chi connectivity index (χ4v) is 3.44. The summed E-state index contributed by atoms with van der Waals surface area (Å²) >= 11 is 6.54. The summed E-state index contributed by atoms with van der Waals surface area (Å²) in [6, 6.07) is 0.206. The zero-order valence-corrected chi connectivity index (χ0v) is 13.7. The maximum Gasteiger partial charge on any atom is 0.304 e. The highest BCUT2D eigenvalue weighted by atomic mass is 35.5. The van der Waals surface area contributed by atoms with Gasteiger partial charge in [0, 0.05) is 24.7 Å². The van der Waals surface area contributed by atoms with E-state index in [0.29, 0.717) is 17.6 Å². The number of aliphatic carboxylic acids is 1. The van der Waals surface area contributed by atoms with E-state index in [1.54, 1.807) is 0 Å². The summed E-state index contributed by atoms with van der Waals surface area (Å²) in [6.45, 7) is 8.59. The normalized spacial score (nSPS) is 19.6. The van der Waals surface area contributed by atoms with Gasteiger partial charge in [-0.05, 0) is 32.2 Å². The minimum atomic E-state index is -0.751. The Kier molecular flexibility index (Phi) is 5.27. The monoisotopic (exact) mass is 313 g/mol. The SMILES string of the molecule is Cc1nn(CC(C)C)c(Cl)c1C1CCCN1CCC(=O)O. The van der Waals surface area contributed by atoms with Crippen molar-refractivity contribution in [3.05, 3.63) is 16.4 Å². The second kappa shape index (κ2) is 6.79. The van der Waals surface area contributed by atoms with Crippen LogP contribution in [-0.2, 0) is 11.3 Å². The van der Waals surface area contributed by atoms with E-state index in [2.05, 4.69) is 23.8 Å². The molecule has 1 aliphatic rings. The van der Waals surface area contributed by atoms with Gasteiger partial charge in [-0.15, -0.1) is 0 Å². The summed E-state index contributed by atoms with van der Waals surface area (Å²) in [5, 5.41) is 14.2. The van der Waals surface area contributed by atoms with E-state index in [1.807, 2.05) is 11.6 Å². The molecule has 1 aromatic heterocycles. The van der Waals surface area contributed by atoms with E-state index in [-0.39, 0.29) is 12.5 Å². The highest BCUT2D eigenvalue weighted by molar-refractivity contribution is 6.30. The standard InChI is InChI=1S/C15H24ClN3O2/c1-10(2)9-19-15(16)14(11(3)17-19)12-5-4-7-18(12)8-6-13(20)21/h10,12H,4-9H2,1-3H3,(H,20,21). The molecular formula is C15H24ClN3O2. The van der Waals surface area contributed by atoms with Crippen molar-refractivity contribution in [2.45, 2.75) is 52.6 Å². The quantitative estimate of drug-likeness (QED) is 0.876. The van der Waals surface area contributed by atoms with Crippen LogP contribution < -0.4 is 0 Å². The number of halogens is 1. The van der Waals surface area contributed by atoms with Crippen LogP contribution in [0.4, 0.5) is 0 Å². The fraction of sp³-hybridized carbons (Fsp3) is 0.733. The number of aryl methyl sites for hydroxylation is 1. The first kappa shape index (κ1) is 16.3. The van der Waals surface area contributed by atoms with Gasteiger partial charge in [-0.2, -0.15) is 5.10 Å². The predicted molar refractivity (Wildman–Crippen MR) is 82.6 cm³/mol. The van der Waals surface area contributed by atoms with Crippen molar-refractivity contribution >= 4 is 17.6 Å². The van der Waals surface area contributed by atoms with Crippen molar-refractivity contribution in [1.29, 1.82) is 0 Å². The highest BCUT2D eigenvalue weighted by Crippen LogP contribution is 2.37. The van der Waals surface area contributed by atoms with Gasteiger partial charge in [0.25, 0.3) is 0 Å². The summed E-state index contributed by atoms with van der Waals surface area (Å²) in [5.41, 5.74) is 2.05. The third-order valence-corrected chi connectivity index (χ3v) is 4.36. The molecule has 1 aromatic rings. The van der Waals surface area contributed by atoms with E-state index in [1.165, 1.54) is 0 Å². The van der Waals surface area contributed by atoms with Crippen molar-refractivity contribution in [3.8, 4) is 0 Å². The van der Waals surface area contributed by atoms with Crippen molar-refractivity contribution in [2.75, 3.05) is 13.1 Å². The van der Waals surface area contributed by atoms with Gasteiger partial charge >= 0.3 is 5.97 Å². The topological polar surface area (TPSA) is 58.4 Å². The number of aromatic nitrogens is 2. The number of carboxylic acid groups (broad SMARTS) is 1. The smallest absolute Gasteiger partial charge is 0.304 e. The largest absolute Gasteiger partial charge is 0.481 e. The molecule has 1 N–H and O–H groups in total. The van der Waals surface area contributed by atoms with Gasteiger partial charge in [-0.25, -0.2) is 0 Å². The van der Waals surface area contributed by atoms with Crippen molar-refractivity contribution in [1.82, 2.24) is 14.7 Å². The molecule has 6 heteroatoms. The molecule has 5 nitrogen and oxygen atoms in total. The average Bonchev–Trinajstić information content (AvgIpc) is 2.92. The van der Waals surface area contributed by atoms with Crippen molar-refractivity contribution in [3.63, 3.8) is 0 Å². The first-order chi connectivity index (χ1) is 9.90. The third-order valence-electron chi connectivity index (χ3n) is 3.96. The maximum atomic E-state index is 10.8. The second-order valence-electron chi connectivity index (χ2n) is 6.20. The number of carboxylic acids is 1. The minimum Gasteiger partial charge on any atom is -0.481 e. The van der Waals surface area contributed by atoms with Gasteiger partial charge in [-0.1, -0.05) is 25.4 Å². The summed E-state index contributed by atoms with van der Waals surface area (Å²) in [6.07, 6.45) is 2.27. The Morgan fingerprint density at radius 3 is 2.86 bits per heavy atom. The second-order valence-corrected chi connectivity index (χ2v) is 6.56. The molecule has 0 amide bonds. The Morgan fingerprint density at radius 1 is 1.52 bits per heavy atom. The number of likely N-dealkylation sites (tertiary alicyclic amines) is 1. The van der Waals surface area contributed by atoms with Gasteiger partial charge < -0.3 is 5.11 Å². The van der Waals surface area contributed by atoms with Crippen molar-refractivity contribution in [2.24, 2.45) is 5.92 Å². The summed E-state index contributed by atoms with van der Waals surface area (Å²) in [5.74, 6) is -0.264. The predicted octanol–water partition coefficient (Wildman–Crippen LogP) is 3.11. The van der Waals surface area contributed by atoms with Crippen LogP contribution in [0.2, 0.25) is 5.15 Å². The van der Waals surface area contributed by atoms with E-state index >= 15 is 0 Å². The molecular weight excluding hydrogens is 290 g/mol. The molecule has 0 saturated carbocycles. The lowest BCUT2D eigenvalue weighted by molar-refractivity contribution is -0.137. The molecule has 1 aliphatic heterocycles. The fourth-order valence-electron chi connectivity index (χ4n) is 3.07. The molecule has 21 heavy (non-hydrogen) atoms. The van der Waals surface area contributed by atoms with E-state index in [9.17, 15) is 4.79 Å². The Hall–Kier alpha value is -1.07. The third kappa shape index (κ3) is 3.77. The molecule has 1 fully saturated rings. The molecule has 0 radical (unpaired) electrons. The Labute approximate surface area is 130 Å². The molecule has 2 rings (SSSR count). The number of hydrogen-bond acceptors (Lipinski definition) is 3. The summed E-state index contributed by atoms with van der Waals surface area (Å²) in [4.78, 5) is 13.0. The average molecular weight is 314 g/mol. The lowest BCUT2D eigenvalue weighted by Gasteiger charge is -2.24. The molecule has 1 saturated heterocycles. The number of rotatable bonds is 6. The first-order valence-electron chi connectivity index (χ1n) is 7.58. The Morgan fingerprint density at radius 2 is 2.24 bits per heavy atom. The van der Waals surface area contributed by atoms with Gasteiger partial charge in [-0.3, -0.25) is 14.4 Å². The zero-order valence-electron chi connectivity index (χ0n) is 13.0. The first-order valence-corrected chi connectivity index (χ1v) is 7.96. The summed E-state index contributed by atoms with van der Waals surface area (Å²) in [7, 11) is 0. The van der Waals surface area contributed by atoms with Crippen LogP contribution in [0.5, 0.6) is 0 Å². The number of hydrogen-bond donors (Lipinski definition) is 1. The van der Waals surface area contributed by atoms with Crippen LogP contribution in [0.3, 0.4) is 0 Å². The molecule has 118 valence electrons. The molecule has 1 unspecified atom stereocenters. The zero-order chi connectivity index (χ0) is 15.6. The lowest BCUT2D eigenvalue weighted by atomic mass is 10.1. The highest BCUT2D eigenvalue weighted by Gasteiger charge is 2.31. The van der Waals surface area contributed by atoms with Crippen LogP contribution >= 0.6 is 11.6 Å². The number of nitrogens with zero attached hydrogens (tertiary/aromatic N) is 3. The van der Waals surface area contributed by atoms with Gasteiger partial charge in [0.05, 0.1) is 12.1 Å².